The molecule has 0 aliphatic carbocycles. The molecular formula is C21H24ClN3OS. The van der Waals surface area contributed by atoms with E-state index in [4.69, 9.17) is 23.8 Å². The number of rotatable bonds is 3. The highest BCUT2D eigenvalue weighted by molar-refractivity contribution is 7.80. The fraction of sp³-hybridized carbons (Fsp3) is 0.333. The molecule has 1 aliphatic heterocycles. The van der Waals surface area contributed by atoms with E-state index in [-0.39, 0.29) is 11.0 Å². The number of hydrogen-bond acceptors (Lipinski definition) is 3. The van der Waals surface area contributed by atoms with Gasteiger partial charge in [-0.1, -0.05) is 17.7 Å². The quantitative estimate of drug-likeness (QED) is 0.697. The Morgan fingerprint density at radius 3 is 2.59 bits per heavy atom. The predicted octanol–water partition coefficient (Wildman–Crippen LogP) is 5.15. The summed E-state index contributed by atoms with van der Waals surface area (Å²) in [5, 5.41) is 6.57. The lowest BCUT2D eigenvalue weighted by Gasteiger charge is -2.35. The van der Waals surface area contributed by atoms with Crippen LogP contribution in [0, 0.1) is 6.92 Å². The Bertz CT molecular complexity index is 838. The molecule has 3 rings (SSSR count). The van der Waals surface area contributed by atoms with Crippen LogP contribution in [0.5, 0.6) is 0 Å². The van der Waals surface area contributed by atoms with Gasteiger partial charge in [-0.25, -0.2) is 0 Å². The van der Waals surface area contributed by atoms with Crippen molar-refractivity contribution in [2.45, 2.75) is 39.2 Å². The van der Waals surface area contributed by atoms with Crippen molar-refractivity contribution in [1.29, 1.82) is 0 Å². The lowest BCUT2D eigenvalue weighted by Crippen LogP contribution is -2.37. The third kappa shape index (κ3) is 4.99. The maximum Gasteiger partial charge on any atom is 0.257 e. The molecule has 0 unspecified atom stereocenters. The zero-order valence-corrected chi connectivity index (χ0v) is 17.2. The monoisotopic (exact) mass is 401 g/mol. The molecule has 2 N–H and O–H groups in total. The van der Waals surface area contributed by atoms with Gasteiger partial charge < -0.3 is 10.2 Å². The van der Waals surface area contributed by atoms with Crippen molar-refractivity contribution in [3.8, 4) is 0 Å². The number of thiocarbonyl (C=S) groups is 1. The van der Waals surface area contributed by atoms with Gasteiger partial charge in [-0.2, -0.15) is 0 Å². The smallest absolute Gasteiger partial charge is 0.257 e. The molecule has 6 heteroatoms. The highest BCUT2D eigenvalue weighted by Gasteiger charge is 2.18. The third-order valence-electron chi connectivity index (χ3n) is 4.92. The van der Waals surface area contributed by atoms with Gasteiger partial charge in [-0.3, -0.25) is 10.1 Å². The molecule has 1 amide bonds. The first-order chi connectivity index (χ1) is 12.9. The van der Waals surface area contributed by atoms with E-state index >= 15 is 0 Å². The molecule has 0 spiro atoms. The second kappa shape index (κ2) is 8.72. The number of anilines is 2. The van der Waals surface area contributed by atoms with Crippen LogP contribution >= 0.6 is 23.8 Å². The molecule has 2 aromatic carbocycles. The predicted molar refractivity (Wildman–Crippen MR) is 117 cm³/mol. The molecule has 142 valence electrons. The molecule has 1 heterocycles. The number of nitrogens with one attached hydrogen (secondary N) is 2. The summed E-state index contributed by atoms with van der Waals surface area (Å²) in [4.78, 5) is 14.7. The summed E-state index contributed by atoms with van der Waals surface area (Å²) < 4.78 is 0. The molecule has 27 heavy (non-hydrogen) atoms. The molecule has 1 saturated heterocycles. The largest absolute Gasteiger partial charge is 0.369 e. The highest BCUT2D eigenvalue weighted by Crippen LogP contribution is 2.25. The third-order valence-corrected chi connectivity index (χ3v) is 5.53. The first-order valence-electron chi connectivity index (χ1n) is 9.19. The SMILES string of the molecule is Cc1ccc(C(=O)NC(=S)Nc2ccc(N3CCCC[C@H]3C)cc2)cc1Cl. The van der Waals surface area contributed by atoms with Gasteiger partial charge in [0.1, 0.15) is 0 Å². The fourth-order valence-electron chi connectivity index (χ4n) is 3.29. The highest BCUT2D eigenvalue weighted by atomic mass is 35.5. The van der Waals surface area contributed by atoms with Crippen molar-refractivity contribution in [3.63, 3.8) is 0 Å². The van der Waals surface area contributed by atoms with Gasteiger partial charge in [0.05, 0.1) is 0 Å². The number of benzene rings is 2. The molecule has 1 aliphatic rings. The summed E-state index contributed by atoms with van der Waals surface area (Å²) in [6, 6.07) is 13.9. The minimum Gasteiger partial charge on any atom is -0.369 e. The first kappa shape index (κ1) is 19.6. The van der Waals surface area contributed by atoms with Crippen LogP contribution in [-0.4, -0.2) is 23.6 Å². The van der Waals surface area contributed by atoms with Crippen molar-refractivity contribution >= 4 is 46.2 Å². The Morgan fingerprint density at radius 1 is 1.19 bits per heavy atom. The lowest BCUT2D eigenvalue weighted by atomic mass is 10.0. The van der Waals surface area contributed by atoms with Crippen LogP contribution in [0.25, 0.3) is 0 Å². The van der Waals surface area contributed by atoms with Crippen LogP contribution in [0.1, 0.15) is 42.1 Å². The van der Waals surface area contributed by atoms with Crippen LogP contribution in [0.4, 0.5) is 11.4 Å². The zero-order chi connectivity index (χ0) is 19.4. The summed E-state index contributed by atoms with van der Waals surface area (Å²) in [7, 11) is 0. The van der Waals surface area contributed by atoms with Crippen LogP contribution in [-0.2, 0) is 0 Å². The number of carbonyl (C=O) groups excluding carboxylic acids is 1. The van der Waals surface area contributed by atoms with E-state index in [0.717, 1.165) is 17.8 Å². The molecule has 1 fully saturated rings. The van der Waals surface area contributed by atoms with Crippen LogP contribution < -0.4 is 15.5 Å². The Hall–Kier alpha value is -2.11. The van der Waals surface area contributed by atoms with Crippen molar-refractivity contribution in [2.75, 3.05) is 16.8 Å². The van der Waals surface area contributed by atoms with Crippen molar-refractivity contribution in [1.82, 2.24) is 5.32 Å². The summed E-state index contributed by atoms with van der Waals surface area (Å²) >= 11 is 11.3. The number of nitrogens with zero attached hydrogens (tertiary/aromatic N) is 1. The normalized spacial score (nSPS) is 16.7. The average molecular weight is 402 g/mol. The number of carbonyl (C=O) groups is 1. The summed E-state index contributed by atoms with van der Waals surface area (Å²) in [6.07, 6.45) is 3.78. The number of amides is 1. The number of piperidine rings is 1. The van der Waals surface area contributed by atoms with E-state index in [2.05, 4.69) is 34.6 Å². The lowest BCUT2D eigenvalue weighted by molar-refractivity contribution is 0.0977. The van der Waals surface area contributed by atoms with Crippen molar-refractivity contribution in [3.05, 3.63) is 58.6 Å². The average Bonchev–Trinajstić information content (AvgIpc) is 2.65. The number of halogens is 1. The minimum absolute atomic E-state index is 0.260. The van der Waals surface area contributed by atoms with Gasteiger partial charge >= 0.3 is 0 Å². The Balaban J connectivity index is 1.59. The standard InChI is InChI=1S/C21H24ClN3OS/c1-14-6-7-16(13-19(14)22)20(26)24-21(27)23-17-8-10-18(11-9-17)25-12-4-3-5-15(25)2/h6-11,13,15H,3-5,12H2,1-2H3,(H2,23,24,26,27)/t15-/m1/s1. The topological polar surface area (TPSA) is 44.4 Å². The zero-order valence-electron chi connectivity index (χ0n) is 15.6. The molecule has 0 bridgehead atoms. The van der Waals surface area contributed by atoms with Gasteiger partial charge in [0.15, 0.2) is 5.11 Å². The fourth-order valence-corrected chi connectivity index (χ4v) is 3.68. The van der Waals surface area contributed by atoms with Crippen LogP contribution in [0.3, 0.4) is 0 Å². The molecule has 0 radical (unpaired) electrons. The molecule has 2 aromatic rings. The Morgan fingerprint density at radius 2 is 1.93 bits per heavy atom. The Kier molecular flexibility index (Phi) is 6.34. The van der Waals surface area contributed by atoms with Gasteiger partial charge in [0.2, 0.25) is 0 Å². The maximum atomic E-state index is 12.3. The minimum atomic E-state index is -0.284. The Labute approximate surface area is 170 Å². The molecule has 0 saturated carbocycles. The molecule has 4 nitrogen and oxygen atoms in total. The number of aryl methyl sites for hydroxylation is 1. The van der Waals surface area contributed by atoms with Gasteiger partial charge in [0, 0.05) is 34.5 Å². The van der Waals surface area contributed by atoms with Gasteiger partial charge in [0.25, 0.3) is 5.91 Å². The second-order valence-corrected chi connectivity index (χ2v) is 7.77. The van der Waals surface area contributed by atoms with Gasteiger partial charge in [-0.05, 0) is 87.3 Å². The van der Waals surface area contributed by atoms with Gasteiger partial charge in [-0.15, -0.1) is 0 Å². The summed E-state index contributed by atoms with van der Waals surface area (Å²) in [5.74, 6) is -0.284. The van der Waals surface area contributed by atoms with Crippen LogP contribution in [0.2, 0.25) is 5.02 Å². The van der Waals surface area contributed by atoms with Crippen LogP contribution in [0.15, 0.2) is 42.5 Å². The summed E-state index contributed by atoms with van der Waals surface area (Å²) in [5.41, 5.74) is 3.47. The van der Waals surface area contributed by atoms with E-state index in [1.807, 2.05) is 25.1 Å². The summed E-state index contributed by atoms with van der Waals surface area (Å²) in [6.45, 7) is 5.26. The molecule has 1 atom stereocenters. The van der Waals surface area contributed by atoms with Crippen molar-refractivity contribution in [2.24, 2.45) is 0 Å². The molecular weight excluding hydrogens is 378 g/mol. The van der Waals surface area contributed by atoms with E-state index < -0.39 is 0 Å². The number of hydrogen-bond donors (Lipinski definition) is 2. The van der Waals surface area contributed by atoms with Crippen molar-refractivity contribution < 1.29 is 4.79 Å². The van der Waals surface area contributed by atoms with E-state index in [1.54, 1.807) is 12.1 Å². The van der Waals surface area contributed by atoms with E-state index in [0.29, 0.717) is 16.6 Å². The van der Waals surface area contributed by atoms with E-state index in [1.165, 1.54) is 24.9 Å². The first-order valence-corrected chi connectivity index (χ1v) is 9.98. The van der Waals surface area contributed by atoms with E-state index in [9.17, 15) is 4.79 Å². The molecule has 0 aromatic heterocycles. The second-order valence-electron chi connectivity index (χ2n) is 6.96. The maximum absolute atomic E-state index is 12.3.